The molecule has 3 saturated heterocycles. The molecule has 0 spiro atoms. The molecule has 0 saturated carbocycles. The van der Waals surface area contributed by atoms with E-state index in [4.69, 9.17) is 0 Å². The van der Waals surface area contributed by atoms with E-state index >= 15 is 0 Å². The van der Waals surface area contributed by atoms with Gasteiger partial charge in [-0.3, -0.25) is 9.69 Å². The third kappa shape index (κ3) is 1.98. The molecule has 0 aromatic rings. The summed E-state index contributed by atoms with van der Waals surface area (Å²) in [5, 5.41) is 2.76. The fourth-order valence-corrected chi connectivity index (χ4v) is 3.69. The molecule has 3 heterocycles. The summed E-state index contributed by atoms with van der Waals surface area (Å²) in [6, 6.07) is -0.483. The molecule has 1 N–H and O–H groups in total. The third-order valence-electron chi connectivity index (χ3n) is 4.90. The van der Waals surface area contributed by atoms with Crippen LogP contribution >= 0.6 is 0 Å². The van der Waals surface area contributed by atoms with E-state index in [9.17, 15) is 14.4 Å². The van der Waals surface area contributed by atoms with E-state index < -0.39 is 5.54 Å². The van der Waals surface area contributed by atoms with Gasteiger partial charge in [-0.25, -0.2) is 9.59 Å². The number of hydrogen-bond donors (Lipinski definition) is 1. The summed E-state index contributed by atoms with van der Waals surface area (Å²) in [5.74, 6) is -0.0900. The van der Waals surface area contributed by atoms with Crippen molar-refractivity contribution in [1.82, 2.24) is 20.0 Å². The minimum Gasteiger partial charge on any atom is -0.338 e. The first kappa shape index (κ1) is 14.2. The molecule has 3 fully saturated rings. The van der Waals surface area contributed by atoms with E-state index in [1.54, 1.807) is 9.80 Å². The van der Waals surface area contributed by atoms with Crippen LogP contribution in [0, 0.1) is 0 Å². The SMILES string of the molecule is CCNC(=O)N1CC[C@H](N2C(=O)N3CCC[C@]3(C)C2=O)C1. The number of nitrogens with one attached hydrogen (secondary N) is 1. The maximum atomic E-state index is 12.7. The molecule has 2 atom stereocenters. The highest BCUT2D eigenvalue weighted by Crippen LogP contribution is 2.39. The number of hydrogen-bond acceptors (Lipinski definition) is 3. The van der Waals surface area contributed by atoms with Crippen LogP contribution < -0.4 is 5.32 Å². The van der Waals surface area contributed by atoms with E-state index in [-0.39, 0.29) is 24.0 Å². The summed E-state index contributed by atoms with van der Waals surface area (Å²) in [4.78, 5) is 41.8. The lowest BCUT2D eigenvalue weighted by atomic mass is 9.99. The minimum atomic E-state index is -0.657. The maximum Gasteiger partial charge on any atom is 0.327 e. The van der Waals surface area contributed by atoms with Crippen LogP contribution in [-0.2, 0) is 4.79 Å². The van der Waals surface area contributed by atoms with E-state index in [1.807, 2.05) is 13.8 Å². The Kier molecular flexibility index (Phi) is 3.30. The predicted molar refractivity (Wildman–Crippen MR) is 75.6 cm³/mol. The van der Waals surface area contributed by atoms with Crippen LogP contribution in [0.3, 0.4) is 0 Å². The second kappa shape index (κ2) is 4.89. The van der Waals surface area contributed by atoms with Crippen LogP contribution in [0.4, 0.5) is 9.59 Å². The van der Waals surface area contributed by atoms with Gasteiger partial charge < -0.3 is 15.1 Å². The van der Waals surface area contributed by atoms with Gasteiger partial charge in [-0.2, -0.15) is 0 Å². The number of urea groups is 2. The quantitative estimate of drug-likeness (QED) is 0.758. The fourth-order valence-electron chi connectivity index (χ4n) is 3.69. The first-order valence-corrected chi connectivity index (χ1v) is 7.67. The number of imide groups is 1. The van der Waals surface area contributed by atoms with Gasteiger partial charge in [-0.05, 0) is 33.1 Å². The first-order chi connectivity index (χ1) is 9.99. The van der Waals surface area contributed by atoms with Crippen molar-refractivity contribution in [1.29, 1.82) is 0 Å². The smallest absolute Gasteiger partial charge is 0.327 e. The van der Waals surface area contributed by atoms with Gasteiger partial charge in [0, 0.05) is 26.2 Å². The number of likely N-dealkylation sites (tertiary alicyclic amines) is 1. The predicted octanol–water partition coefficient (Wildman–Crippen LogP) is 0.607. The molecule has 5 amide bonds. The van der Waals surface area contributed by atoms with Crippen LogP contribution in [0.15, 0.2) is 0 Å². The largest absolute Gasteiger partial charge is 0.338 e. The molecular weight excluding hydrogens is 272 g/mol. The topological polar surface area (TPSA) is 73.0 Å². The molecule has 0 unspecified atom stereocenters. The molecule has 3 rings (SSSR count). The first-order valence-electron chi connectivity index (χ1n) is 7.67. The van der Waals surface area contributed by atoms with Crippen molar-refractivity contribution in [3.63, 3.8) is 0 Å². The lowest BCUT2D eigenvalue weighted by Crippen LogP contribution is -2.46. The highest BCUT2D eigenvalue weighted by Gasteiger charge is 2.58. The number of amides is 5. The molecule has 3 aliphatic rings. The second-order valence-electron chi connectivity index (χ2n) is 6.21. The Morgan fingerprint density at radius 3 is 2.81 bits per heavy atom. The summed E-state index contributed by atoms with van der Waals surface area (Å²) in [6.45, 7) is 5.99. The molecule has 3 aliphatic heterocycles. The van der Waals surface area contributed by atoms with Gasteiger partial charge in [0.25, 0.3) is 5.91 Å². The van der Waals surface area contributed by atoms with Crippen molar-refractivity contribution in [2.45, 2.75) is 44.7 Å². The van der Waals surface area contributed by atoms with Gasteiger partial charge in [0.05, 0.1) is 6.04 Å². The Labute approximate surface area is 124 Å². The number of fused-ring (bicyclic) bond motifs is 1. The van der Waals surface area contributed by atoms with Gasteiger partial charge in [-0.1, -0.05) is 0 Å². The summed E-state index contributed by atoms with van der Waals surface area (Å²) < 4.78 is 0. The minimum absolute atomic E-state index is 0.0900. The fraction of sp³-hybridized carbons (Fsp3) is 0.786. The summed E-state index contributed by atoms with van der Waals surface area (Å²) in [7, 11) is 0. The second-order valence-corrected chi connectivity index (χ2v) is 6.21. The molecule has 0 aromatic carbocycles. The van der Waals surface area contributed by atoms with Gasteiger partial charge in [0.1, 0.15) is 5.54 Å². The Hall–Kier alpha value is -1.79. The van der Waals surface area contributed by atoms with Gasteiger partial charge in [-0.15, -0.1) is 0 Å². The van der Waals surface area contributed by atoms with Crippen molar-refractivity contribution in [2.75, 3.05) is 26.2 Å². The molecule has 0 bridgehead atoms. The zero-order valence-electron chi connectivity index (χ0n) is 12.6. The molecule has 0 radical (unpaired) electrons. The Morgan fingerprint density at radius 2 is 2.14 bits per heavy atom. The van der Waals surface area contributed by atoms with E-state index in [2.05, 4.69) is 5.32 Å². The van der Waals surface area contributed by atoms with Crippen LogP contribution in [0.1, 0.15) is 33.1 Å². The number of carbonyl (C=O) groups excluding carboxylic acids is 3. The van der Waals surface area contributed by atoms with E-state index in [1.165, 1.54) is 4.90 Å². The highest BCUT2D eigenvalue weighted by molar-refractivity contribution is 6.07. The van der Waals surface area contributed by atoms with E-state index in [0.29, 0.717) is 32.6 Å². The highest BCUT2D eigenvalue weighted by atomic mass is 16.2. The van der Waals surface area contributed by atoms with Gasteiger partial charge in [0.15, 0.2) is 0 Å². The number of rotatable bonds is 2. The third-order valence-corrected chi connectivity index (χ3v) is 4.90. The average molecular weight is 294 g/mol. The Balaban J connectivity index is 1.73. The van der Waals surface area contributed by atoms with Crippen LogP contribution in [0.5, 0.6) is 0 Å². The molecule has 21 heavy (non-hydrogen) atoms. The van der Waals surface area contributed by atoms with Crippen LogP contribution in [0.2, 0.25) is 0 Å². The van der Waals surface area contributed by atoms with Gasteiger partial charge >= 0.3 is 12.1 Å². The number of nitrogens with zero attached hydrogens (tertiary/aromatic N) is 3. The van der Waals surface area contributed by atoms with Crippen LogP contribution in [-0.4, -0.2) is 70.4 Å². The van der Waals surface area contributed by atoms with Crippen LogP contribution in [0.25, 0.3) is 0 Å². The monoisotopic (exact) mass is 294 g/mol. The molecular formula is C14H22N4O3. The Bertz CT molecular complexity index is 495. The van der Waals surface area contributed by atoms with Crippen molar-refractivity contribution in [3.8, 4) is 0 Å². The molecule has 7 nitrogen and oxygen atoms in total. The normalized spacial score (nSPS) is 32.1. The van der Waals surface area contributed by atoms with Crippen molar-refractivity contribution in [2.24, 2.45) is 0 Å². The van der Waals surface area contributed by atoms with Crippen molar-refractivity contribution < 1.29 is 14.4 Å². The van der Waals surface area contributed by atoms with Crippen molar-refractivity contribution >= 4 is 18.0 Å². The van der Waals surface area contributed by atoms with Gasteiger partial charge in [0.2, 0.25) is 0 Å². The molecule has 116 valence electrons. The molecule has 0 aliphatic carbocycles. The summed E-state index contributed by atoms with van der Waals surface area (Å²) >= 11 is 0. The van der Waals surface area contributed by atoms with E-state index in [0.717, 1.165) is 12.8 Å². The van der Waals surface area contributed by atoms with Crippen molar-refractivity contribution in [3.05, 3.63) is 0 Å². The zero-order valence-corrected chi connectivity index (χ0v) is 12.6. The molecule has 0 aromatic heterocycles. The maximum absolute atomic E-state index is 12.7. The summed E-state index contributed by atoms with van der Waals surface area (Å²) in [6.07, 6.45) is 2.29. The molecule has 7 heteroatoms. The lowest BCUT2D eigenvalue weighted by Gasteiger charge is -2.23. The number of carbonyl (C=O) groups is 3. The zero-order chi connectivity index (χ0) is 15.2. The standard InChI is InChI=1S/C14H22N4O3/c1-3-15-12(20)16-8-5-10(9-16)18-11(19)14(2)6-4-7-17(14)13(18)21/h10H,3-9H2,1-2H3,(H,15,20)/t10-,14+/m0/s1. The average Bonchev–Trinajstić information content (AvgIpc) is 3.10. The lowest BCUT2D eigenvalue weighted by molar-refractivity contribution is -0.133. The Morgan fingerprint density at radius 1 is 1.38 bits per heavy atom. The summed E-state index contributed by atoms with van der Waals surface area (Å²) in [5.41, 5.74) is -0.657.